The lowest BCUT2D eigenvalue weighted by Gasteiger charge is -2.23. The number of aryl methyl sites for hydroxylation is 1. The monoisotopic (exact) mass is 618 g/mol. The van der Waals surface area contributed by atoms with Gasteiger partial charge < -0.3 is 19.3 Å². The summed E-state index contributed by atoms with van der Waals surface area (Å²) in [4.78, 5) is 44.7. The van der Waals surface area contributed by atoms with Crippen molar-refractivity contribution in [2.45, 2.75) is 13.0 Å². The summed E-state index contributed by atoms with van der Waals surface area (Å²) in [5.41, 5.74) is 1.18. The van der Waals surface area contributed by atoms with E-state index in [0.717, 1.165) is 14.9 Å². The molecule has 1 aromatic heterocycles. The van der Waals surface area contributed by atoms with E-state index in [9.17, 15) is 19.5 Å². The summed E-state index contributed by atoms with van der Waals surface area (Å²) in [5.74, 6) is -1.70. The zero-order chi connectivity index (χ0) is 25.6. The molecule has 0 radical (unpaired) electrons. The number of anilines is 1. The highest BCUT2D eigenvalue weighted by atomic mass is 127. The van der Waals surface area contributed by atoms with Gasteiger partial charge in [-0.2, -0.15) is 0 Å². The van der Waals surface area contributed by atoms with Crippen molar-refractivity contribution in [3.63, 3.8) is 0 Å². The number of ketones is 1. The second-order valence-corrected chi connectivity index (χ2v) is 10.2. The molecule has 5 rings (SSSR count). The molecule has 3 heterocycles. The molecule has 36 heavy (non-hydrogen) atoms. The minimum Gasteiger partial charge on any atom is -0.507 e. The number of aliphatic hydroxyl groups excluding tert-OH is 1. The second kappa shape index (κ2) is 9.54. The van der Waals surface area contributed by atoms with Gasteiger partial charge in [0.15, 0.2) is 16.6 Å². The van der Waals surface area contributed by atoms with Crippen LogP contribution >= 0.6 is 33.9 Å². The number of aromatic nitrogens is 1. The van der Waals surface area contributed by atoms with E-state index in [2.05, 4.69) is 27.6 Å². The van der Waals surface area contributed by atoms with E-state index in [1.807, 2.05) is 12.1 Å². The quantitative estimate of drug-likeness (QED) is 0.152. The Hall–Kier alpha value is -3.45. The van der Waals surface area contributed by atoms with E-state index >= 15 is 0 Å². The number of thiazole rings is 1. The second-order valence-electron chi connectivity index (χ2n) is 7.98. The van der Waals surface area contributed by atoms with Gasteiger partial charge in [-0.15, -0.1) is 0 Å². The molecule has 2 aromatic carbocycles. The van der Waals surface area contributed by atoms with Crippen LogP contribution in [0.4, 0.5) is 5.13 Å². The summed E-state index contributed by atoms with van der Waals surface area (Å²) in [5, 5.41) is 11.5. The van der Waals surface area contributed by atoms with Crippen LogP contribution in [0.5, 0.6) is 11.5 Å². The summed E-state index contributed by atoms with van der Waals surface area (Å²) in [6, 6.07) is 11.1. The molecule has 0 aliphatic carbocycles. The van der Waals surface area contributed by atoms with Crippen molar-refractivity contribution in [3.8, 4) is 11.5 Å². The molecule has 184 valence electrons. The van der Waals surface area contributed by atoms with Crippen LogP contribution in [0.3, 0.4) is 0 Å². The summed E-state index contributed by atoms with van der Waals surface area (Å²) in [7, 11) is 1.26. The average Bonchev–Trinajstić information content (AvgIpc) is 3.40. The number of hydrogen-bond donors (Lipinski definition) is 1. The fourth-order valence-electron chi connectivity index (χ4n) is 4.10. The number of carbonyl (C=O) groups excluding carboxylic acids is 3. The van der Waals surface area contributed by atoms with Gasteiger partial charge in [-0.1, -0.05) is 23.5 Å². The minimum absolute atomic E-state index is 0.0923. The van der Waals surface area contributed by atoms with Crippen LogP contribution in [-0.2, 0) is 14.3 Å². The van der Waals surface area contributed by atoms with Gasteiger partial charge in [-0.25, -0.2) is 9.78 Å². The fraction of sp³-hybridized carbons (Fsp3) is 0.200. The third kappa shape index (κ3) is 4.11. The van der Waals surface area contributed by atoms with Crippen LogP contribution < -0.4 is 14.4 Å². The number of nitrogens with zero attached hydrogens (tertiary/aromatic N) is 2. The third-order valence-corrected chi connectivity index (χ3v) is 7.66. The normalized spacial score (nSPS) is 18.4. The lowest BCUT2D eigenvalue weighted by molar-refractivity contribution is -0.132. The standard InChI is InChI=1S/C25H19IN2O7S/c1-12-22(24(32)33-2)36-25(27-12)28-19(13-3-6-15(26)7-4-13)18(21(30)23(28)31)20(29)14-5-8-16-17(11-14)35-10-9-34-16/h3-8,11,19,29H,9-10H2,1-2H3/b20-18+. The van der Waals surface area contributed by atoms with Crippen LogP contribution in [0.25, 0.3) is 5.76 Å². The van der Waals surface area contributed by atoms with E-state index in [-0.39, 0.29) is 21.3 Å². The molecule has 3 aromatic rings. The number of fused-ring (bicyclic) bond motifs is 1. The Labute approximate surface area is 223 Å². The van der Waals surface area contributed by atoms with Gasteiger partial charge in [0.2, 0.25) is 0 Å². The Kier molecular flexibility index (Phi) is 6.43. The molecular weight excluding hydrogens is 599 g/mol. The van der Waals surface area contributed by atoms with E-state index in [4.69, 9.17) is 14.2 Å². The van der Waals surface area contributed by atoms with E-state index < -0.39 is 23.7 Å². The number of amides is 1. The molecule has 1 unspecified atom stereocenters. The number of rotatable bonds is 4. The molecule has 0 bridgehead atoms. The van der Waals surface area contributed by atoms with Gasteiger partial charge in [0.25, 0.3) is 5.78 Å². The first-order valence-corrected chi connectivity index (χ1v) is 12.7. The van der Waals surface area contributed by atoms with E-state index in [0.29, 0.717) is 41.5 Å². The Morgan fingerprint density at radius 1 is 1.14 bits per heavy atom. The number of aliphatic hydroxyl groups is 1. The van der Waals surface area contributed by atoms with Crippen LogP contribution in [0.2, 0.25) is 0 Å². The summed E-state index contributed by atoms with van der Waals surface area (Å²) >= 11 is 3.11. The molecule has 1 saturated heterocycles. The highest BCUT2D eigenvalue weighted by molar-refractivity contribution is 14.1. The lowest BCUT2D eigenvalue weighted by atomic mass is 9.95. The van der Waals surface area contributed by atoms with Crippen molar-refractivity contribution in [2.75, 3.05) is 25.2 Å². The Morgan fingerprint density at radius 3 is 2.53 bits per heavy atom. The topological polar surface area (TPSA) is 115 Å². The maximum Gasteiger partial charge on any atom is 0.350 e. The first-order valence-electron chi connectivity index (χ1n) is 10.8. The third-order valence-electron chi connectivity index (χ3n) is 5.81. The molecule has 0 saturated carbocycles. The molecule has 11 heteroatoms. The Balaban J connectivity index is 1.68. The van der Waals surface area contributed by atoms with Gasteiger partial charge in [0.05, 0.1) is 24.4 Å². The zero-order valence-electron chi connectivity index (χ0n) is 19.1. The number of halogens is 1. The molecule has 1 atom stereocenters. The molecule has 9 nitrogen and oxygen atoms in total. The average molecular weight is 618 g/mol. The van der Waals surface area contributed by atoms with Gasteiger partial charge in [0, 0.05) is 9.13 Å². The maximum atomic E-state index is 13.3. The number of carbonyl (C=O) groups is 3. The Bertz CT molecular complexity index is 1430. The number of benzene rings is 2. The number of ether oxygens (including phenoxy) is 3. The molecule has 0 spiro atoms. The molecular formula is C25H19IN2O7S. The van der Waals surface area contributed by atoms with Crippen LogP contribution in [0, 0.1) is 10.5 Å². The largest absolute Gasteiger partial charge is 0.507 e. The molecule has 1 amide bonds. The summed E-state index contributed by atoms with van der Waals surface area (Å²) in [6.07, 6.45) is 0. The van der Waals surface area contributed by atoms with Crippen molar-refractivity contribution in [1.82, 2.24) is 4.98 Å². The SMILES string of the molecule is COC(=O)c1sc(N2C(=O)C(=O)/C(=C(/O)c3ccc4c(c3)OCCO4)C2c2ccc(I)cc2)nc1C. The van der Waals surface area contributed by atoms with Gasteiger partial charge in [-0.05, 0) is 65.4 Å². The van der Waals surface area contributed by atoms with E-state index in [1.165, 1.54) is 12.0 Å². The molecule has 2 aliphatic rings. The van der Waals surface area contributed by atoms with Gasteiger partial charge in [-0.3, -0.25) is 14.5 Å². The summed E-state index contributed by atoms with van der Waals surface area (Å²) in [6.45, 7) is 2.39. The van der Waals surface area contributed by atoms with Crippen LogP contribution in [-0.4, -0.2) is 48.1 Å². The first kappa shape index (κ1) is 24.3. The number of hydrogen-bond acceptors (Lipinski definition) is 9. The van der Waals surface area contributed by atoms with Crippen molar-refractivity contribution in [1.29, 1.82) is 0 Å². The van der Waals surface area contributed by atoms with Crippen LogP contribution in [0.15, 0.2) is 48.0 Å². The smallest absolute Gasteiger partial charge is 0.350 e. The fourth-order valence-corrected chi connectivity index (χ4v) is 5.48. The first-order chi connectivity index (χ1) is 17.3. The van der Waals surface area contributed by atoms with Gasteiger partial charge >= 0.3 is 11.9 Å². The zero-order valence-corrected chi connectivity index (χ0v) is 22.1. The molecule has 1 fully saturated rings. The number of esters is 1. The molecule has 1 N–H and O–H groups in total. The van der Waals surface area contributed by atoms with Crippen molar-refractivity contribution in [2.24, 2.45) is 0 Å². The van der Waals surface area contributed by atoms with Crippen LogP contribution in [0.1, 0.15) is 32.5 Å². The van der Waals surface area contributed by atoms with Gasteiger partial charge in [0.1, 0.15) is 23.9 Å². The Morgan fingerprint density at radius 2 is 1.83 bits per heavy atom. The van der Waals surface area contributed by atoms with Crippen molar-refractivity contribution < 1.29 is 33.7 Å². The number of methoxy groups -OCH3 is 1. The number of Topliss-reactive ketones (excluding diaryl/α,β-unsaturated/α-hetero) is 1. The van der Waals surface area contributed by atoms with E-state index in [1.54, 1.807) is 37.3 Å². The predicted molar refractivity (Wildman–Crippen MR) is 140 cm³/mol. The van der Waals surface area contributed by atoms with Crippen molar-refractivity contribution in [3.05, 3.63) is 73.3 Å². The lowest BCUT2D eigenvalue weighted by Crippen LogP contribution is -2.29. The highest BCUT2D eigenvalue weighted by Gasteiger charge is 2.48. The highest BCUT2D eigenvalue weighted by Crippen LogP contribution is 2.44. The maximum absolute atomic E-state index is 13.3. The van der Waals surface area contributed by atoms with Crippen molar-refractivity contribution >= 4 is 62.5 Å². The predicted octanol–water partition coefficient (Wildman–Crippen LogP) is 4.24. The molecule has 2 aliphatic heterocycles. The summed E-state index contributed by atoms with van der Waals surface area (Å²) < 4.78 is 16.9. The minimum atomic E-state index is -0.966.